The van der Waals surface area contributed by atoms with Crippen LogP contribution in [-0.2, 0) is 19.3 Å². The molecule has 6 nitrogen and oxygen atoms in total. The Kier molecular flexibility index (Phi) is 5.42. The summed E-state index contributed by atoms with van der Waals surface area (Å²) in [6, 6.07) is 14.3. The van der Waals surface area contributed by atoms with Gasteiger partial charge >= 0.3 is 0 Å². The Morgan fingerprint density at radius 2 is 1.83 bits per heavy atom. The van der Waals surface area contributed by atoms with Gasteiger partial charge in [0.05, 0.1) is 17.5 Å². The number of pyridine rings is 1. The van der Waals surface area contributed by atoms with Crippen molar-refractivity contribution in [3.8, 4) is 11.3 Å². The number of nitrogens with two attached hydrogens (primary N) is 1. The molecule has 0 saturated carbocycles. The van der Waals surface area contributed by atoms with Crippen molar-refractivity contribution in [1.29, 1.82) is 0 Å². The quantitative estimate of drug-likeness (QED) is 0.489. The summed E-state index contributed by atoms with van der Waals surface area (Å²) < 4.78 is 5.46. The SMILES string of the molecule is CC(C)Cc1[nH]ncc1Cc1ccc(Cc2cc(-c3cccnc3N)on2)cc1. The number of anilines is 1. The van der Waals surface area contributed by atoms with Gasteiger partial charge in [-0.3, -0.25) is 5.10 Å². The molecule has 0 aliphatic heterocycles. The molecular weight excluding hydrogens is 362 g/mol. The summed E-state index contributed by atoms with van der Waals surface area (Å²) in [4.78, 5) is 4.09. The maximum Gasteiger partial charge on any atom is 0.170 e. The van der Waals surface area contributed by atoms with E-state index in [4.69, 9.17) is 10.3 Å². The summed E-state index contributed by atoms with van der Waals surface area (Å²) in [6.07, 6.45) is 6.20. The second-order valence-electron chi connectivity index (χ2n) is 7.76. The topological polar surface area (TPSA) is 93.6 Å². The van der Waals surface area contributed by atoms with Gasteiger partial charge in [0, 0.05) is 30.8 Å². The van der Waals surface area contributed by atoms with E-state index in [1.807, 2.05) is 24.4 Å². The molecule has 0 spiro atoms. The van der Waals surface area contributed by atoms with Gasteiger partial charge in [-0.05, 0) is 41.2 Å². The van der Waals surface area contributed by atoms with Crippen molar-refractivity contribution in [2.45, 2.75) is 33.1 Å². The highest BCUT2D eigenvalue weighted by Gasteiger charge is 2.11. The standard InChI is InChI=1S/C23H25N5O/c1-15(2)10-21-18(14-26-27-21)11-16-5-7-17(8-6-16)12-19-13-22(29-28-19)20-4-3-9-25-23(20)24/h3-9,13-15H,10-12H2,1-2H3,(H2,24,25)(H,26,27). The molecule has 4 rings (SSSR count). The molecule has 0 amide bonds. The molecule has 3 heterocycles. The van der Waals surface area contributed by atoms with Crippen molar-refractivity contribution in [2.75, 3.05) is 5.73 Å². The fraction of sp³-hybridized carbons (Fsp3) is 0.261. The van der Waals surface area contributed by atoms with Gasteiger partial charge in [-0.2, -0.15) is 5.10 Å². The van der Waals surface area contributed by atoms with E-state index < -0.39 is 0 Å². The third-order valence-electron chi connectivity index (χ3n) is 4.89. The normalized spacial score (nSPS) is 11.3. The van der Waals surface area contributed by atoms with Crippen LogP contribution in [0.5, 0.6) is 0 Å². The van der Waals surface area contributed by atoms with Gasteiger partial charge in [-0.25, -0.2) is 4.98 Å². The average Bonchev–Trinajstić information content (AvgIpc) is 3.33. The van der Waals surface area contributed by atoms with E-state index in [2.05, 4.69) is 58.5 Å². The van der Waals surface area contributed by atoms with Gasteiger partial charge in [0.25, 0.3) is 0 Å². The molecular formula is C23H25N5O. The monoisotopic (exact) mass is 387 g/mol. The number of hydrogen-bond donors (Lipinski definition) is 2. The van der Waals surface area contributed by atoms with Crippen LogP contribution in [0, 0.1) is 5.92 Å². The lowest BCUT2D eigenvalue weighted by Crippen LogP contribution is -1.99. The smallest absolute Gasteiger partial charge is 0.170 e. The van der Waals surface area contributed by atoms with Gasteiger partial charge < -0.3 is 10.3 Å². The first-order chi connectivity index (χ1) is 14.1. The highest BCUT2D eigenvalue weighted by molar-refractivity contribution is 5.69. The molecule has 1 aromatic carbocycles. The Hall–Kier alpha value is -3.41. The number of H-pyrrole nitrogens is 1. The van der Waals surface area contributed by atoms with Crippen molar-refractivity contribution in [3.63, 3.8) is 0 Å². The Balaban J connectivity index is 1.43. The molecule has 0 atom stereocenters. The van der Waals surface area contributed by atoms with E-state index in [1.54, 1.807) is 6.20 Å². The Labute approximate surface area is 170 Å². The summed E-state index contributed by atoms with van der Waals surface area (Å²) in [5, 5.41) is 11.5. The summed E-state index contributed by atoms with van der Waals surface area (Å²) in [5.41, 5.74) is 12.5. The summed E-state index contributed by atoms with van der Waals surface area (Å²) >= 11 is 0. The first kappa shape index (κ1) is 18.9. The van der Waals surface area contributed by atoms with Crippen molar-refractivity contribution >= 4 is 5.82 Å². The van der Waals surface area contributed by atoms with Crippen LogP contribution in [-0.4, -0.2) is 20.3 Å². The van der Waals surface area contributed by atoms with Gasteiger partial charge in [-0.15, -0.1) is 0 Å². The third kappa shape index (κ3) is 4.54. The number of nitrogens with zero attached hydrogens (tertiary/aromatic N) is 3. The minimum atomic E-state index is 0.440. The van der Waals surface area contributed by atoms with E-state index in [1.165, 1.54) is 22.4 Å². The fourth-order valence-electron chi connectivity index (χ4n) is 3.43. The van der Waals surface area contributed by atoms with Crippen molar-refractivity contribution < 1.29 is 4.52 Å². The molecule has 6 heteroatoms. The highest BCUT2D eigenvalue weighted by Crippen LogP contribution is 2.25. The average molecular weight is 387 g/mol. The third-order valence-corrected chi connectivity index (χ3v) is 4.89. The molecule has 0 aliphatic carbocycles. The van der Waals surface area contributed by atoms with Crippen LogP contribution in [0.4, 0.5) is 5.82 Å². The van der Waals surface area contributed by atoms with Gasteiger partial charge in [-0.1, -0.05) is 43.3 Å². The molecule has 148 valence electrons. The lowest BCUT2D eigenvalue weighted by Gasteiger charge is -2.07. The summed E-state index contributed by atoms with van der Waals surface area (Å²) in [5.74, 6) is 1.68. The molecule has 3 N–H and O–H groups in total. The van der Waals surface area contributed by atoms with Gasteiger partial charge in [0.15, 0.2) is 5.76 Å². The second kappa shape index (κ2) is 8.31. The summed E-state index contributed by atoms with van der Waals surface area (Å²) in [6.45, 7) is 4.44. The van der Waals surface area contributed by atoms with E-state index >= 15 is 0 Å². The number of rotatable bonds is 7. The first-order valence-electron chi connectivity index (χ1n) is 9.84. The Bertz CT molecular complexity index is 1080. The molecule has 0 unspecified atom stereocenters. The van der Waals surface area contributed by atoms with Crippen LogP contribution in [0.1, 0.15) is 41.9 Å². The van der Waals surface area contributed by atoms with E-state index in [0.29, 0.717) is 23.9 Å². The number of aromatic nitrogens is 4. The minimum Gasteiger partial charge on any atom is -0.383 e. The lowest BCUT2D eigenvalue weighted by atomic mass is 9.99. The molecule has 0 bridgehead atoms. The Morgan fingerprint density at radius 1 is 1.07 bits per heavy atom. The molecule has 4 aromatic rings. The van der Waals surface area contributed by atoms with Crippen molar-refractivity contribution in [1.82, 2.24) is 20.3 Å². The zero-order valence-electron chi connectivity index (χ0n) is 16.7. The number of aromatic amines is 1. The first-order valence-corrected chi connectivity index (χ1v) is 9.84. The molecule has 3 aromatic heterocycles. The van der Waals surface area contributed by atoms with Gasteiger partial charge in [0.1, 0.15) is 5.82 Å². The van der Waals surface area contributed by atoms with E-state index in [9.17, 15) is 0 Å². The molecule has 0 saturated heterocycles. The predicted molar refractivity (Wildman–Crippen MR) is 113 cm³/mol. The zero-order valence-corrected chi connectivity index (χ0v) is 16.7. The van der Waals surface area contributed by atoms with Crippen LogP contribution in [0.3, 0.4) is 0 Å². The van der Waals surface area contributed by atoms with Crippen LogP contribution < -0.4 is 5.73 Å². The van der Waals surface area contributed by atoms with Crippen LogP contribution in [0.15, 0.2) is 59.4 Å². The maximum atomic E-state index is 5.92. The largest absolute Gasteiger partial charge is 0.383 e. The number of hydrogen-bond acceptors (Lipinski definition) is 5. The number of nitrogen functional groups attached to an aromatic ring is 1. The van der Waals surface area contributed by atoms with Gasteiger partial charge in [0.2, 0.25) is 0 Å². The highest BCUT2D eigenvalue weighted by atomic mass is 16.5. The molecule has 0 aliphatic rings. The number of nitrogens with one attached hydrogen (secondary N) is 1. The van der Waals surface area contributed by atoms with E-state index in [0.717, 1.165) is 24.1 Å². The van der Waals surface area contributed by atoms with Crippen molar-refractivity contribution in [3.05, 3.63) is 82.9 Å². The van der Waals surface area contributed by atoms with Crippen molar-refractivity contribution in [2.24, 2.45) is 5.92 Å². The Morgan fingerprint density at radius 3 is 2.55 bits per heavy atom. The van der Waals surface area contributed by atoms with Crippen LogP contribution in [0.2, 0.25) is 0 Å². The van der Waals surface area contributed by atoms with Crippen LogP contribution >= 0.6 is 0 Å². The van der Waals surface area contributed by atoms with Crippen LogP contribution in [0.25, 0.3) is 11.3 Å². The van der Waals surface area contributed by atoms with E-state index in [-0.39, 0.29) is 0 Å². The molecule has 0 fully saturated rings. The number of benzene rings is 1. The predicted octanol–water partition coefficient (Wildman–Crippen LogP) is 4.42. The minimum absolute atomic E-state index is 0.440. The molecule has 29 heavy (non-hydrogen) atoms. The lowest BCUT2D eigenvalue weighted by molar-refractivity contribution is 0.425. The zero-order chi connectivity index (χ0) is 20.2. The maximum absolute atomic E-state index is 5.92. The summed E-state index contributed by atoms with van der Waals surface area (Å²) in [7, 11) is 0. The molecule has 0 radical (unpaired) electrons. The fourth-order valence-corrected chi connectivity index (χ4v) is 3.43. The second-order valence-corrected chi connectivity index (χ2v) is 7.76.